The van der Waals surface area contributed by atoms with Crippen molar-refractivity contribution in [3.05, 3.63) is 4.91 Å². The molecule has 1 aliphatic rings. The minimum absolute atomic E-state index is 0.0594. The number of urea groups is 1. The Morgan fingerprint density at radius 1 is 1.42 bits per heavy atom. The lowest BCUT2D eigenvalue weighted by Gasteiger charge is -2.43. The summed E-state index contributed by atoms with van der Waals surface area (Å²) < 4.78 is 11.1. The summed E-state index contributed by atoms with van der Waals surface area (Å²) in [7, 11) is 0. The Hall–Kier alpha value is -0.920. The quantitative estimate of drug-likeness (QED) is 0.476. The first-order chi connectivity index (χ1) is 8.88. The number of hydrogen-bond acceptors (Lipinski definition) is 5. The molecule has 0 aromatic heterocycles. The molecule has 19 heavy (non-hydrogen) atoms. The van der Waals surface area contributed by atoms with Gasteiger partial charge in [0.15, 0.2) is 5.79 Å². The normalized spacial score (nSPS) is 20.6. The van der Waals surface area contributed by atoms with Gasteiger partial charge in [-0.1, -0.05) is 6.92 Å². The van der Waals surface area contributed by atoms with Crippen molar-refractivity contribution in [2.24, 2.45) is 5.29 Å². The van der Waals surface area contributed by atoms with Gasteiger partial charge in [0.1, 0.15) is 0 Å². The second kappa shape index (κ2) is 6.49. The van der Waals surface area contributed by atoms with Crippen LogP contribution in [0.1, 0.15) is 27.2 Å². The van der Waals surface area contributed by atoms with Crippen molar-refractivity contribution >= 4 is 17.6 Å². The maximum Gasteiger partial charge on any atom is 0.341 e. The molecule has 0 atom stereocenters. The van der Waals surface area contributed by atoms with Crippen LogP contribution >= 0.6 is 11.6 Å². The number of nitrogens with zero attached hydrogens (tertiary/aromatic N) is 2. The Bertz CT molecular complexity index is 328. The number of amides is 2. The van der Waals surface area contributed by atoms with Gasteiger partial charge in [-0.2, -0.15) is 5.01 Å². The minimum atomic E-state index is -0.665. The van der Waals surface area contributed by atoms with Gasteiger partial charge >= 0.3 is 6.03 Å². The van der Waals surface area contributed by atoms with Crippen LogP contribution in [0.4, 0.5) is 4.79 Å². The van der Waals surface area contributed by atoms with Gasteiger partial charge in [-0.05, 0) is 20.3 Å². The van der Waals surface area contributed by atoms with Gasteiger partial charge in [0.05, 0.1) is 30.6 Å². The highest BCUT2D eigenvalue weighted by Gasteiger charge is 2.40. The minimum Gasteiger partial charge on any atom is -0.348 e. The van der Waals surface area contributed by atoms with Crippen LogP contribution in [0.5, 0.6) is 0 Å². The van der Waals surface area contributed by atoms with Gasteiger partial charge < -0.3 is 14.8 Å². The number of alkyl halides is 1. The molecule has 0 saturated carbocycles. The maximum absolute atomic E-state index is 11.9. The van der Waals surface area contributed by atoms with Gasteiger partial charge in [-0.15, -0.1) is 16.5 Å². The second-order valence-corrected chi connectivity index (χ2v) is 5.31. The molecule has 1 fully saturated rings. The molecule has 1 rings (SSSR count). The van der Waals surface area contributed by atoms with E-state index in [1.54, 1.807) is 13.8 Å². The van der Waals surface area contributed by atoms with Gasteiger partial charge in [0.2, 0.25) is 0 Å². The molecular formula is C11H20ClN3O4. The average Bonchev–Trinajstić information content (AvgIpc) is 2.38. The Kier molecular flexibility index (Phi) is 5.51. The summed E-state index contributed by atoms with van der Waals surface area (Å²) in [6.45, 7) is 6.21. The van der Waals surface area contributed by atoms with Crippen LogP contribution in [-0.2, 0) is 9.47 Å². The van der Waals surface area contributed by atoms with Crippen LogP contribution in [0.15, 0.2) is 5.29 Å². The van der Waals surface area contributed by atoms with E-state index in [1.165, 1.54) is 0 Å². The molecule has 0 aliphatic carbocycles. The van der Waals surface area contributed by atoms with Crippen molar-refractivity contribution in [2.45, 2.75) is 38.5 Å². The molecule has 1 aliphatic heterocycles. The van der Waals surface area contributed by atoms with E-state index in [4.69, 9.17) is 21.1 Å². The van der Waals surface area contributed by atoms with E-state index in [0.29, 0.717) is 19.6 Å². The SMILES string of the molecule is CCC1(NC(=O)N(CCCl)N=O)COC(C)(C)OC1. The van der Waals surface area contributed by atoms with E-state index in [2.05, 4.69) is 10.6 Å². The smallest absolute Gasteiger partial charge is 0.341 e. The second-order valence-electron chi connectivity index (χ2n) is 4.93. The molecule has 8 heteroatoms. The zero-order chi connectivity index (χ0) is 14.5. The van der Waals surface area contributed by atoms with Gasteiger partial charge in [-0.3, -0.25) is 0 Å². The largest absolute Gasteiger partial charge is 0.348 e. The fraction of sp³-hybridized carbons (Fsp3) is 0.909. The summed E-state index contributed by atoms with van der Waals surface area (Å²) in [4.78, 5) is 22.5. The number of halogens is 1. The van der Waals surface area contributed by atoms with E-state index in [0.717, 1.165) is 5.01 Å². The van der Waals surface area contributed by atoms with Gasteiger partial charge in [0, 0.05) is 5.88 Å². The van der Waals surface area contributed by atoms with E-state index in [9.17, 15) is 9.70 Å². The third kappa shape index (κ3) is 4.29. The molecule has 1 N–H and O–H groups in total. The van der Waals surface area contributed by atoms with Crippen LogP contribution in [-0.4, -0.2) is 48.0 Å². The zero-order valence-electron chi connectivity index (χ0n) is 11.4. The van der Waals surface area contributed by atoms with Crippen LogP contribution < -0.4 is 5.32 Å². The van der Waals surface area contributed by atoms with Crippen LogP contribution in [0.2, 0.25) is 0 Å². The summed E-state index contributed by atoms with van der Waals surface area (Å²) in [6, 6.07) is -0.593. The van der Waals surface area contributed by atoms with E-state index < -0.39 is 17.4 Å². The molecule has 0 radical (unpaired) electrons. The zero-order valence-corrected chi connectivity index (χ0v) is 12.2. The molecule has 1 heterocycles. The molecule has 0 bridgehead atoms. The van der Waals surface area contributed by atoms with Crippen LogP contribution in [0.25, 0.3) is 0 Å². The number of carbonyl (C=O) groups is 1. The number of hydrogen-bond donors (Lipinski definition) is 1. The number of nitroso groups, excluding NO2 is 1. The van der Waals surface area contributed by atoms with E-state index in [-0.39, 0.29) is 12.4 Å². The molecule has 0 unspecified atom stereocenters. The highest BCUT2D eigenvalue weighted by Crippen LogP contribution is 2.25. The Labute approximate surface area is 117 Å². The summed E-state index contributed by atoms with van der Waals surface area (Å²) in [5, 5.41) is 6.14. The first-order valence-corrected chi connectivity index (χ1v) is 6.68. The van der Waals surface area contributed by atoms with E-state index >= 15 is 0 Å². The molecule has 0 spiro atoms. The van der Waals surface area contributed by atoms with Crippen molar-refractivity contribution in [3.8, 4) is 0 Å². The lowest BCUT2D eigenvalue weighted by molar-refractivity contribution is -0.270. The lowest BCUT2D eigenvalue weighted by atomic mass is 9.97. The molecule has 2 amide bonds. The van der Waals surface area contributed by atoms with Crippen molar-refractivity contribution in [3.63, 3.8) is 0 Å². The molecule has 110 valence electrons. The summed E-state index contributed by atoms with van der Waals surface area (Å²) in [5.41, 5.74) is -0.651. The topological polar surface area (TPSA) is 80.2 Å². The summed E-state index contributed by atoms with van der Waals surface area (Å²) in [5.74, 6) is -0.527. The highest BCUT2D eigenvalue weighted by molar-refractivity contribution is 6.18. The Morgan fingerprint density at radius 2 is 2.00 bits per heavy atom. The number of carbonyl (C=O) groups excluding carboxylic acids is 1. The monoisotopic (exact) mass is 293 g/mol. The van der Waals surface area contributed by atoms with Crippen LogP contribution in [0.3, 0.4) is 0 Å². The van der Waals surface area contributed by atoms with Crippen molar-refractivity contribution in [1.82, 2.24) is 10.3 Å². The molecule has 7 nitrogen and oxygen atoms in total. The van der Waals surface area contributed by atoms with Crippen molar-refractivity contribution < 1.29 is 14.3 Å². The highest BCUT2D eigenvalue weighted by atomic mass is 35.5. The first kappa shape index (κ1) is 16.1. The van der Waals surface area contributed by atoms with Crippen molar-refractivity contribution in [2.75, 3.05) is 25.6 Å². The molecule has 0 aromatic carbocycles. The summed E-state index contributed by atoms with van der Waals surface area (Å²) >= 11 is 5.50. The van der Waals surface area contributed by atoms with Gasteiger partial charge in [0.25, 0.3) is 0 Å². The lowest BCUT2D eigenvalue weighted by Crippen LogP contribution is -2.62. The fourth-order valence-electron chi connectivity index (χ4n) is 1.62. The molecule has 1 saturated heterocycles. The predicted molar refractivity (Wildman–Crippen MR) is 70.8 cm³/mol. The predicted octanol–water partition coefficient (Wildman–Crippen LogP) is 1.85. The Morgan fingerprint density at radius 3 is 2.42 bits per heavy atom. The fourth-order valence-corrected chi connectivity index (χ4v) is 1.78. The number of rotatable bonds is 5. The molecule has 0 aromatic rings. The number of ether oxygens (including phenoxy) is 2. The maximum atomic E-state index is 11.9. The molecular weight excluding hydrogens is 274 g/mol. The third-order valence-electron chi connectivity index (χ3n) is 3.07. The number of nitrogens with one attached hydrogen (secondary N) is 1. The van der Waals surface area contributed by atoms with E-state index in [1.807, 2.05) is 6.92 Å². The van der Waals surface area contributed by atoms with Crippen molar-refractivity contribution in [1.29, 1.82) is 0 Å². The summed E-state index contributed by atoms with van der Waals surface area (Å²) in [6.07, 6.45) is 0.613. The standard InChI is InChI=1S/C11H20ClN3O4/c1-4-11(7-18-10(2,3)19-8-11)13-9(16)15(14-17)6-5-12/h4-8H2,1-3H3,(H,13,16). The van der Waals surface area contributed by atoms with Gasteiger partial charge in [-0.25, -0.2) is 4.79 Å². The Balaban J connectivity index is 2.66. The first-order valence-electron chi connectivity index (χ1n) is 6.15. The third-order valence-corrected chi connectivity index (χ3v) is 3.24. The van der Waals surface area contributed by atoms with Crippen LogP contribution in [0, 0.1) is 4.91 Å². The average molecular weight is 294 g/mol.